The van der Waals surface area contributed by atoms with Crippen molar-refractivity contribution in [1.29, 1.82) is 0 Å². The fraction of sp³-hybridized carbons (Fsp3) is 0.571. The largest absolute Gasteiger partial charge is 0.303 e. The molecule has 0 radical (unpaired) electrons. The van der Waals surface area contributed by atoms with Gasteiger partial charge in [-0.15, -0.1) is 0 Å². The molecule has 0 saturated heterocycles. The Bertz CT molecular complexity index is 298. The van der Waals surface area contributed by atoms with E-state index in [1.807, 2.05) is 0 Å². The van der Waals surface area contributed by atoms with Crippen LogP contribution in [0.3, 0.4) is 0 Å². The smallest absolute Gasteiger partial charge is 0.00935 e. The van der Waals surface area contributed by atoms with Crippen LogP contribution in [-0.2, 0) is 12.8 Å². The van der Waals surface area contributed by atoms with Gasteiger partial charge >= 0.3 is 0 Å². The maximum absolute atomic E-state index is 2.49. The summed E-state index contributed by atoms with van der Waals surface area (Å²) < 4.78 is 0. The molecule has 0 aromatic heterocycles. The molecule has 1 aliphatic carbocycles. The van der Waals surface area contributed by atoms with Gasteiger partial charge in [0.1, 0.15) is 0 Å². The molecule has 1 aromatic carbocycles. The summed E-state index contributed by atoms with van der Waals surface area (Å²) in [4.78, 5) is 2.49. The Hall–Kier alpha value is -0.820. The Labute approximate surface area is 93.1 Å². The first-order chi connectivity index (χ1) is 7.29. The predicted octanol–water partition coefficient (Wildman–Crippen LogP) is 2.89. The highest BCUT2D eigenvalue weighted by atomic mass is 15.1. The minimum absolute atomic E-state index is 0.889. The van der Waals surface area contributed by atoms with Crippen molar-refractivity contribution < 1.29 is 0 Å². The van der Waals surface area contributed by atoms with Crippen molar-refractivity contribution in [2.24, 2.45) is 0 Å². The summed E-state index contributed by atoms with van der Waals surface area (Å²) in [6, 6.07) is 9.96. The van der Waals surface area contributed by atoms with Crippen LogP contribution in [0.1, 0.15) is 30.9 Å². The molecule has 1 heteroatoms. The molecule has 1 fully saturated rings. The van der Waals surface area contributed by atoms with Gasteiger partial charge in [0.2, 0.25) is 0 Å². The minimum Gasteiger partial charge on any atom is -0.303 e. The molecule has 1 nitrogen and oxygen atoms in total. The lowest BCUT2D eigenvalue weighted by Crippen LogP contribution is -2.23. The molecule has 0 N–H and O–H groups in total. The van der Waals surface area contributed by atoms with Gasteiger partial charge in [-0.25, -0.2) is 0 Å². The van der Waals surface area contributed by atoms with Gasteiger partial charge in [-0.2, -0.15) is 0 Å². The number of aryl methyl sites for hydroxylation is 1. The summed E-state index contributed by atoms with van der Waals surface area (Å²) in [7, 11) is 2.25. The Morgan fingerprint density at radius 1 is 1.13 bits per heavy atom. The predicted molar refractivity (Wildman–Crippen MR) is 65.2 cm³/mol. The molecule has 0 atom stereocenters. The van der Waals surface area contributed by atoms with Crippen LogP contribution in [0.4, 0.5) is 0 Å². The summed E-state index contributed by atoms with van der Waals surface area (Å²) in [6.45, 7) is 3.41. The number of rotatable bonds is 5. The summed E-state index contributed by atoms with van der Waals surface area (Å²) in [5.41, 5.74) is 2.91. The van der Waals surface area contributed by atoms with Crippen molar-refractivity contribution in [2.75, 3.05) is 13.6 Å². The molecule has 82 valence electrons. The highest BCUT2D eigenvalue weighted by Gasteiger charge is 2.25. The maximum Gasteiger partial charge on any atom is 0.00935 e. The zero-order chi connectivity index (χ0) is 10.7. The first-order valence-corrected chi connectivity index (χ1v) is 6.07. The van der Waals surface area contributed by atoms with Gasteiger partial charge in [0.15, 0.2) is 0 Å². The van der Waals surface area contributed by atoms with E-state index in [0.717, 1.165) is 12.5 Å². The van der Waals surface area contributed by atoms with E-state index in [9.17, 15) is 0 Å². The summed E-state index contributed by atoms with van der Waals surface area (Å²) >= 11 is 0. The van der Waals surface area contributed by atoms with Crippen LogP contribution in [0.25, 0.3) is 0 Å². The van der Waals surface area contributed by atoms with E-state index in [-0.39, 0.29) is 0 Å². The summed E-state index contributed by atoms with van der Waals surface area (Å²) in [5.74, 6) is 0. The number of benzene rings is 1. The number of nitrogens with zero attached hydrogens (tertiary/aromatic N) is 1. The molecule has 1 aromatic rings. The van der Waals surface area contributed by atoms with E-state index < -0.39 is 0 Å². The quantitative estimate of drug-likeness (QED) is 0.711. The van der Waals surface area contributed by atoms with Crippen molar-refractivity contribution in [3.63, 3.8) is 0 Å². The molecular weight excluding hydrogens is 182 g/mol. The van der Waals surface area contributed by atoms with Crippen LogP contribution < -0.4 is 0 Å². The van der Waals surface area contributed by atoms with Gasteiger partial charge in [-0.05, 0) is 43.9 Å². The number of hydrogen-bond acceptors (Lipinski definition) is 1. The van der Waals surface area contributed by atoms with Gasteiger partial charge in [0.25, 0.3) is 0 Å². The van der Waals surface area contributed by atoms with Crippen LogP contribution in [-0.4, -0.2) is 24.5 Å². The van der Waals surface area contributed by atoms with Gasteiger partial charge in [-0.3, -0.25) is 0 Å². The Morgan fingerprint density at radius 2 is 1.73 bits per heavy atom. The maximum atomic E-state index is 2.49. The van der Waals surface area contributed by atoms with E-state index >= 15 is 0 Å². The van der Waals surface area contributed by atoms with E-state index in [0.29, 0.717) is 0 Å². The normalized spacial score (nSPS) is 15.9. The van der Waals surface area contributed by atoms with Crippen molar-refractivity contribution in [3.05, 3.63) is 35.4 Å². The molecule has 0 aliphatic heterocycles. The van der Waals surface area contributed by atoms with Gasteiger partial charge in [-0.1, -0.05) is 31.2 Å². The second kappa shape index (κ2) is 4.80. The second-order valence-corrected chi connectivity index (χ2v) is 4.63. The zero-order valence-corrected chi connectivity index (χ0v) is 9.87. The third kappa shape index (κ3) is 3.07. The summed E-state index contributed by atoms with van der Waals surface area (Å²) in [5, 5.41) is 0. The first-order valence-electron chi connectivity index (χ1n) is 6.07. The average Bonchev–Trinajstić information content (AvgIpc) is 3.10. The van der Waals surface area contributed by atoms with E-state index in [1.54, 1.807) is 0 Å². The molecular formula is C14H21N. The minimum atomic E-state index is 0.889. The Kier molecular flexibility index (Phi) is 3.42. The molecule has 0 spiro atoms. The van der Waals surface area contributed by atoms with Gasteiger partial charge in [0, 0.05) is 12.6 Å². The lowest BCUT2D eigenvalue weighted by atomic mass is 10.1. The average molecular weight is 203 g/mol. The highest BCUT2D eigenvalue weighted by Crippen LogP contribution is 2.25. The molecule has 0 unspecified atom stereocenters. The highest BCUT2D eigenvalue weighted by molar-refractivity contribution is 5.22. The molecule has 0 amide bonds. The second-order valence-electron chi connectivity index (χ2n) is 4.63. The lowest BCUT2D eigenvalue weighted by molar-refractivity contribution is 0.328. The van der Waals surface area contributed by atoms with E-state index in [2.05, 4.69) is 43.1 Å². The van der Waals surface area contributed by atoms with Crippen molar-refractivity contribution >= 4 is 0 Å². The van der Waals surface area contributed by atoms with Crippen LogP contribution in [0, 0.1) is 0 Å². The van der Waals surface area contributed by atoms with Crippen LogP contribution >= 0.6 is 0 Å². The number of likely N-dealkylation sites (N-methyl/N-ethyl adjacent to an activating group) is 1. The van der Waals surface area contributed by atoms with Crippen molar-refractivity contribution in [2.45, 2.75) is 38.6 Å². The Balaban J connectivity index is 1.81. The van der Waals surface area contributed by atoms with Crippen molar-refractivity contribution in [3.8, 4) is 0 Å². The lowest BCUT2D eigenvalue weighted by Gasteiger charge is -2.15. The molecule has 1 saturated carbocycles. The fourth-order valence-electron chi connectivity index (χ4n) is 1.94. The Morgan fingerprint density at radius 3 is 2.27 bits per heavy atom. The molecule has 2 rings (SSSR count). The third-order valence-electron chi connectivity index (χ3n) is 3.35. The SMILES string of the molecule is CCc1ccc(CCN(C)C2CC2)cc1. The molecule has 0 heterocycles. The van der Waals surface area contributed by atoms with E-state index in [1.165, 1.54) is 36.9 Å². The van der Waals surface area contributed by atoms with Crippen LogP contribution in [0.2, 0.25) is 0 Å². The van der Waals surface area contributed by atoms with Gasteiger partial charge in [0.05, 0.1) is 0 Å². The van der Waals surface area contributed by atoms with Crippen LogP contribution in [0.5, 0.6) is 0 Å². The third-order valence-corrected chi connectivity index (χ3v) is 3.35. The molecule has 0 bridgehead atoms. The number of hydrogen-bond donors (Lipinski definition) is 0. The first kappa shape index (κ1) is 10.7. The molecule has 15 heavy (non-hydrogen) atoms. The fourth-order valence-corrected chi connectivity index (χ4v) is 1.94. The molecule has 1 aliphatic rings. The standard InChI is InChI=1S/C14H21N/c1-3-12-4-6-13(7-5-12)10-11-15(2)14-8-9-14/h4-7,14H,3,8-11H2,1-2H3. The zero-order valence-electron chi connectivity index (χ0n) is 9.87. The van der Waals surface area contributed by atoms with Crippen LogP contribution in [0.15, 0.2) is 24.3 Å². The topological polar surface area (TPSA) is 3.24 Å². The summed E-state index contributed by atoms with van der Waals surface area (Å²) in [6.07, 6.45) is 5.15. The van der Waals surface area contributed by atoms with Gasteiger partial charge < -0.3 is 4.90 Å². The van der Waals surface area contributed by atoms with E-state index in [4.69, 9.17) is 0 Å². The monoisotopic (exact) mass is 203 g/mol. The van der Waals surface area contributed by atoms with Crippen molar-refractivity contribution in [1.82, 2.24) is 4.90 Å².